The third-order valence-corrected chi connectivity index (χ3v) is 4.43. The van der Waals surface area contributed by atoms with E-state index in [4.69, 9.17) is 9.47 Å². The molecule has 0 spiro atoms. The smallest absolute Gasteiger partial charge is 0.130 e. The highest BCUT2D eigenvalue weighted by atomic mass is 16.5. The average molecular weight is 355 g/mol. The summed E-state index contributed by atoms with van der Waals surface area (Å²) in [5.74, 6) is 1.68. The van der Waals surface area contributed by atoms with Crippen LogP contribution in [0.3, 0.4) is 0 Å². The van der Waals surface area contributed by atoms with Crippen LogP contribution in [0.15, 0.2) is 84.9 Å². The van der Waals surface area contributed by atoms with Gasteiger partial charge in [0, 0.05) is 5.39 Å². The summed E-state index contributed by atoms with van der Waals surface area (Å²) in [6, 6.07) is 28.2. The highest BCUT2D eigenvalue weighted by Gasteiger charge is 2.05. The summed E-state index contributed by atoms with van der Waals surface area (Å²) in [6.45, 7) is 3.02. The number of rotatable bonds is 6. The van der Waals surface area contributed by atoms with Gasteiger partial charge in [-0.05, 0) is 48.4 Å². The lowest BCUT2D eigenvalue weighted by Crippen LogP contribution is -2.00. The predicted molar refractivity (Wildman–Crippen MR) is 108 cm³/mol. The van der Waals surface area contributed by atoms with Crippen LogP contribution in [0.4, 0.5) is 0 Å². The SMILES string of the molecule is Cc1cc(OCc2ccccc2)ccc1OCc1ccc2ccccc2n1. The maximum atomic E-state index is 5.97. The fourth-order valence-electron chi connectivity index (χ4n) is 2.95. The molecular weight excluding hydrogens is 334 g/mol. The number of fused-ring (bicyclic) bond motifs is 1. The lowest BCUT2D eigenvalue weighted by molar-refractivity contribution is 0.293. The van der Waals surface area contributed by atoms with Crippen molar-refractivity contribution in [2.75, 3.05) is 0 Å². The number of pyridine rings is 1. The Morgan fingerprint density at radius 3 is 2.41 bits per heavy atom. The molecule has 1 aromatic heterocycles. The lowest BCUT2D eigenvalue weighted by Gasteiger charge is -2.12. The van der Waals surface area contributed by atoms with E-state index in [9.17, 15) is 0 Å². The van der Waals surface area contributed by atoms with E-state index >= 15 is 0 Å². The molecule has 0 aliphatic carbocycles. The van der Waals surface area contributed by atoms with E-state index in [1.165, 1.54) is 0 Å². The summed E-state index contributed by atoms with van der Waals surface area (Å²) in [7, 11) is 0. The normalized spacial score (nSPS) is 10.7. The van der Waals surface area contributed by atoms with Crippen LogP contribution in [0.5, 0.6) is 11.5 Å². The van der Waals surface area contributed by atoms with Crippen molar-refractivity contribution in [3.05, 3.63) is 102 Å². The topological polar surface area (TPSA) is 31.4 Å². The second-order valence-electron chi connectivity index (χ2n) is 6.49. The second-order valence-corrected chi connectivity index (χ2v) is 6.49. The first kappa shape index (κ1) is 17.1. The quantitative estimate of drug-likeness (QED) is 0.444. The fraction of sp³-hybridized carbons (Fsp3) is 0.125. The maximum Gasteiger partial charge on any atom is 0.130 e. The zero-order chi connectivity index (χ0) is 18.5. The van der Waals surface area contributed by atoms with E-state index in [2.05, 4.69) is 29.2 Å². The van der Waals surface area contributed by atoms with Crippen LogP contribution < -0.4 is 9.47 Å². The molecule has 0 saturated carbocycles. The summed E-state index contributed by atoms with van der Waals surface area (Å²) >= 11 is 0. The number of hydrogen-bond donors (Lipinski definition) is 0. The van der Waals surface area contributed by atoms with Gasteiger partial charge in [0.1, 0.15) is 24.7 Å². The van der Waals surface area contributed by atoms with Crippen molar-refractivity contribution in [1.82, 2.24) is 4.98 Å². The van der Waals surface area contributed by atoms with E-state index in [-0.39, 0.29) is 0 Å². The molecule has 0 bridgehead atoms. The fourth-order valence-corrected chi connectivity index (χ4v) is 2.95. The molecule has 0 unspecified atom stereocenters. The van der Waals surface area contributed by atoms with Crippen molar-refractivity contribution < 1.29 is 9.47 Å². The number of para-hydroxylation sites is 1. The minimum atomic E-state index is 0.440. The number of aromatic nitrogens is 1. The van der Waals surface area contributed by atoms with E-state index < -0.39 is 0 Å². The summed E-state index contributed by atoms with van der Waals surface area (Å²) in [5, 5.41) is 1.14. The van der Waals surface area contributed by atoms with Gasteiger partial charge in [0.15, 0.2) is 0 Å². The van der Waals surface area contributed by atoms with Crippen molar-refractivity contribution >= 4 is 10.9 Å². The third-order valence-electron chi connectivity index (χ3n) is 4.43. The molecule has 4 aromatic rings. The predicted octanol–water partition coefficient (Wildman–Crippen LogP) is 5.70. The summed E-state index contributed by atoms with van der Waals surface area (Å²) in [5.41, 5.74) is 4.09. The Morgan fingerprint density at radius 2 is 1.56 bits per heavy atom. The monoisotopic (exact) mass is 355 g/mol. The molecule has 4 rings (SSSR count). The van der Waals surface area contributed by atoms with E-state index in [1.807, 2.05) is 67.6 Å². The molecule has 0 N–H and O–H groups in total. The van der Waals surface area contributed by atoms with Crippen LogP contribution in [0.2, 0.25) is 0 Å². The van der Waals surface area contributed by atoms with Crippen molar-refractivity contribution in [1.29, 1.82) is 0 Å². The molecule has 0 saturated heterocycles. The van der Waals surface area contributed by atoms with Gasteiger partial charge in [-0.1, -0.05) is 54.6 Å². The highest BCUT2D eigenvalue weighted by Crippen LogP contribution is 2.25. The largest absolute Gasteiger partial charge is 0.489 e. The van der Waals surface area contributed by atoms with E-state index in [0.717, 1.165) is 39.2 Å². The first-order valence-electron chi connectivity index (χ1n) is 9.03. The van der Waals surface area contributed by atoms with Crippen LogP contribution in [0.25, 0.3) is 10.9 Å². The maximum absolute atomic E-state index is 5.97. The van der Waals surface area contributed by atoms with Gasteiger partial charge in [-0.15, -0.1) is 0 Å². The van der Waals surface area contributed by atoms with Gasteiger partial charge >= 0.3 is 0 Å². The van der Waals surface area contributed by atoms with Gasteiger partial charge in [-0.2, -0.15) is 0 Å². The average Bonchev–Trinajstić information content (AvgIpc) is 2.72. The molecule has 1 heterocycles. The zero-order valence-electron chi connectivity index (χ0n) is 15.3. The molecule has 134 valence electrons. The molecule has 3 nitrogen and oxygen atoms in total. The molecule has 0 atom stereocenters. The molecule has 0 radical (unpaired) electrons. The Hall–Kier alpha value is -3.33. The molecule has 3 heteroatoms. The van der Waals surface area contributed by atoms with Crippen LogP contribution in [0, 0.1) is 6.92 Å². The molecule has 27 heavy (non-hydrogen) atoms. The minimum Gasteiger partial charge on any atom is -0.489 e. The second kappa shape index (κ2) is 7.92. The highest BCUT2D eigenvalue weighted by molar-refractivity contribution is 5.78. The number of aryl methyl sites for hydroxylation is 1. The molecule has 0 aliphatic heterocycles. The van der Waals surface area contributed by atoms with Crippen molar-refractivity contribution in [3.8, 4) is 11.5 Å². The van der Waals surface area contributed by atoms with Crippen molar-refractivity contribution in [2.45, 2.75) is 20.1 Å². The molecular formula is C24H21NO2. The number of nitrogens with zero attached hydrogens (tertiary/aromatic N) is 1. The molecule has 3 aromatic carbocycles. The summed E-state index contributed by atoms with van der Waals surface area (Å²) in [4.78, 5) is 4.65. The van der Waals surface area contributed by atoms with Gasteiger partial charge in [-0.25, -0.2) is 4.98 Å². The first-order chi connectivity index (χ1) is 13.3. The minimum absolute atomic E-state index is 0.440. The Kier molecular flexibility index (Phi) is 5.01. The van der Waals surface area contributed by atoms with Crippen LogP contribution in [0.1, 0.15) is 16.8 Å². The van der Waals surface area contributed by atoms with Crippen LogP contribution in [-0.4, -0.2) is 4.98 Å². The Bertz CT molecular complexity index is 1040. The summed E-state index contributed by atoms with van der Waals surface area (Å²) in [6.07, 6.45) is 0. The van der Waals surface area contributed by atoms with Gasteiger partial charge in [0.25, 0.3) is 0 Å². The molecule has 0 aliphatic rings. The van der Waals surface area contributed by atoms with Crippen LogP contribution >= 0.6 is 0 Å². The van der Waals surface area contributed by atoms with Gasteiger partial charge < -0.3 is 9.47 Å². The Morgan fingerprint density at radius 1 is 0.741 bits per heavy atom. The van der Waals surface area contributed by atoms with Crippen LogP contribution in [-0.2, 0) is 13.2 Å². The van der Waals surface area contributed by atoms with Crippen molar-refractivity contribution in [3.63, 3.8) is 0 Å². The van der Waals surface area contributed by atoms with Gasteiger partial charge in [0.2, 0.25) is 0 Å². The molecule has 0 amide bonds. The van der Waals surface area contributed by atoms with Crippen molar-refractivity contribution in [2.24, 2.45) is 0 Å². The van der Waals surface area contributed by atoms with E-state index in [0.29, 0.717) is 13.2 Å². The molecule has 0 fully saturated rings. The zero-order valence-corrected chi connectivity index (χ0v) is 15.3. The number of benzene rings is 3. The van der Waals surface area contributed by atoms with Gasteiger partial charge in [-0.3, -0.25) is 0 Å². The first-order valence-corrected chi connectivity index (χ1v) is 9.03. The number of ether oxygens (including phenoxy) is 2. The third kappa shape index (κ3) is 4.26. The van der Waals surface area contributed by atoms with E-state index in [1.54, 1.807) is 0 Å². The van der Waals surface area contributed by atoms with Gasteiger partial charge in [0.05, 0.1) is 11.2 Å². The number of hydrogen-bond acceptors (Lipinski definition) is 3. The lowest BCUT2D eigenvalue weighted by atomic mass is 10.2. The Balaban J connectivity index is 1.40. The Labute approximate surface area is 159 Å². The summed E-state index contributed by atoms with van der Waals surface area (Å²) < 4.78 is 11.8. The standard InChI is InChI=1S/C24H21NO2/c1-18-15-22(26-16-19-7-3-2-4-8-19)13-14-24(18)27-17-21-12-11-20-9-5-6-10-23(20)25-21/h2-15H,16-17H2,1H3.